The molecule has 3 heteroatoms. The third kappa shape index (κ3) is 1.20. The van der Waals surface area contributed by atoms with E-state index >= 15 is 0 Å². The summed E-state index contributed by atoms with van der Waals surface area (Å²) in [6.07, 6.45) is 3.62. The van der Waals surface area contributed by atoms with Gasteiger partial charge in [-0.05, 0) is 24.3 Å². The molecule has 1 atom stereocenters. The molecule has 2 nitrogen and oxygen atoms in total. The van der Waals surface area contributed by atoms with Gasteiger partial charge in [0, 0.05) is 11.9 Å². The highest BCUT2D eigenvalue weighted by Gasteiger charge is 2.23. The molecule has 0 spiro atoms. The zero-order valence-corrected chi connectivity index (χ0v) is 8.10. The molecule has 13 heavy (non-hydrogen) atoms. The van der Waals surface area contributed by atoms with Crippen molar-refractivity contribution in [3.05, 3.63) is 28.0 Å². The molecule has 0 bridgehead atoms. The number of aromatic nitrogens is 1. The van der Waals surface area contributed by atoms with E-state index in [0.717, 1.165) is 24.1 Å². The van der Waals surface area contributed by atoms with Crippen LogP contribution in [0, 0.1) is 11.3 Å². The monoisotopic (exact) mass is 192 g/mol. The molecule has 0 aromatic carbocycles. The minimum absolute atomic E-state index is 0.486. The van der Waals surface area contributed by atoms with Gasteiger partial charge in [0.2, 0.25) is 0 Å². The van der Waals surface area contributed by atoms with Crippen LogP contribution in [0.25, 0.3) is 0 Å². The molecule has 2 rings (SSSR count). The first kappa shape index (κ1) is 8.52. The topological polar surface area (TPSA) is 36.7 Å². The van der Waals surface area contributed by atoms with Crippen LogP contribution in [-0.2, 0) is 6.42 Å². The van der Waals surface area contributed by atoms with Crippen LogP contribution in [0.1, 0.15) is 36.1 Å². The van der Waals surface area contributed by atoms with Crippen molar-refractivity contribution in [2.75, 3.05) is 0 Å². The third-order valence-corrected chi connectivity index (χ3v) is 2.99. The number of nitrogens with zero attached hydrogens (tertiary/aromatic N) is 2. The number of hydrogen-bond donors (Lipinski definition) is 0. The summed E-state index contributed by atoms with van der Waals surface area (Å²) in [5.74, 6) is 0.486. The Hall–Kier alpha value is -1.07. The summed E-state index contributed by atoms with van der Waals surface area (Å²) < 4.78 is 0. The van der Waals surface area contributed by atoms with Gasteiger partial charge in [0.25, 0.3) is 0 Å². The van der Waals surface area contributed by atoms with Crippen LogP contribution in [-0.4, -0.2) is 4.98 Å². The van der Waals surface area contributed by atoms with Crippen molar-refractivity contribution in [3.63, 3.8) is 0 Å². The Balaban J connectivity index is 2.62. The van der Waals surface area contributed by atoms with Crippen LogP contribution >= 0.6 is 11.6 Å². The van der Waals surface area contributed by atoms with Gasteiger partial charge in [-0.15, -0.1) is 0 Å². The van der Waals surface area contributed by atoms with Gasteiger partial charge >= 0.3 is 0 Å². The standard InChI is InChI=1S/C10H9ClN2/c1-6-2-3-8-9(11)7(4-12)5-13-10(6)8/h5-6H,2-3H2,1H3/t6-/m1/s1. The summed E-state index contributed by atoms with van der Waals surface area (Å²) in [7, 11) is 0. The molecule has 1 aliphatic rings. The van der Waals surface area contributed by atoms with Gasteiger partial charge in [-0.2, -0.15) is 5.26 Å². The largest absolute Gasteiger partial charge is 0.259 e. The molecule has 0 unspecified atom stereocenters. The lowest BCUT2D eigenvalue weighted by molar-refractivity contribution is 0.731. The van der Waals surface area contributed by atoms with E-state index in [-0.39, 0.29) is 0 Å². The Morgan fingerprint density at radius 3 is 3.15 bits per heavy atom. The molecule has 1 heterocycles. The summed E-state index contributed by atoms with van der Waals surface area (Å²) in [6.45, 7) is 2.14. The molecule has 1 aliphatic carbocycles. The smallest absolute Gasteiger partial charge is 0.102 e. The van der Waals surface area contributed by atoms with Crippen molar-refractivity contribution in [1.82, 2.24) is 4.98 Å². The number of nitriles is 1. The first-order valence-electron chi connectivity index (χ1n) is 4.31. The van der Waals surface area contributed by atoms with E-state index in [9.17, 15) is 0 Å². The minimum atomic E-state index is 0.486. The van der Waals surface area contributed by atoms with Gasteiger partial charge < -0.3 is 0 Å². The zero-order valence-electron chi connectivity index (χ0n) is 7.34. The van der Waals surface area contributed by atoms with Gasteiger partial charge in [-0.3, -0.25) is 4.98 Å². The summed E-state index contributed by atoms with van der Waals surface area (Å²) in [6, 6.07) is 2.05. The zero-order chi connectivity index (χ0) is 9.42. The van der Waals surface area contributed by atoms with Crippen LogP contribution in [0.15, 0.2) is 6.20 Å². The molecule has 1 aromatic heterocycles. The van der Waals surface area contributed by atoms with Crippen LogP contribution < -0.4 is 0 Å². The first-order chi connectivity index (χ1) is 6.24. The van der Waals surface area contributed by atoms with Crippen molar-refractivity contribution in [2.45, 2.75) is 25.7 Å². The van der Waals surface area contributed by atoms with E-state index in [0.29, 0.717) is 16.5 Å². The van der Waals surface area contributed by atoms with Crippen LogP contribution in [0.2, 0.25) is 5.02 Å². The van der Waals surface area contributed by atoms with Crippen molar-refractivity contribution >= 4 is 11.6 Å². The lowest BCUT2D eigenvalue weighted by Crippen LogP contribution is -1.94. The first-order valence-corrected chi connectivity index (χ1v) is 4.69. The average molecular weight is 193 g/mol. The van der Waals surface area contributed by atoms with Crippen molar-refractivity contribution in [3.8, 4) is 6.07 Å². The van der Waals surface area contributed by atoms with Crippen molar-refractivity contribution < 1.29 is 0 Å². The molecular formula is C10H9ClN2. The van der Waals surface area contributed by atoms with Crippen LogP contribution in [0.4, 0.5) is 0 Å². The maximum absolute atomic E-state index is 8.74. The number of rotatable bonds is 0. The summed E-state index contributed by atoms with van der Waals surface area (Å²) >= 11 is 6.06. The second-order valence-electron chi connectivity index (χ2n) is 3.40. The predicted molar refractivity (Wildman–Crippen MR) is 50.7 cm³/mol. The van der Waals surface area contributed by atoms with Gasteiger partial charge in [-0.1, -0.05) is 18.5 Å². The van der Waals surface area contributed by atoms with Crippen molar-refractivity contribution in [1.29, 1.82) is 5.26 Å². The Kier molecular flexibility index (Phi) is 1.97. The highest BCUT2D eigenvalue weighted by Crippen LogP contribution is 2.36. The summed E-state index contributed by atoms with van der Waals surface area (Å²) in [5.41, 5.74) is 2.65. The summed E-state index contributed by atoms with van der Waals surface area (Å²) in [5, 5.41) is 9.35. The molecule has 0 saturated heterocycles. The van der Waals surface area contributed by atoms with E-state index in [1.54, 1.807) is 6.20 Å². The Morgan fingerprint density at radius 1 is 1.69 bits per heavy atom. The fraction of sp³-hybridized carbons (Fsp3) is 0.400. The van der Waals surface area contributed by atoms with E-state index in [2.05, 4.69) is 11.9 Å². The number of hydrogen-bond acceptors (Lipinski definition) is 2. The molecular weight excluding hydrogens is 184 g/mol. The minimum Gasteiger partial charge on any atom is -0.259 e. The normalized spacial score (nSPS) is 19.6. The Bertz CT molecular complexity index is 393. The highest BCUT2D eigenvalue weighted by molar-refractivity contribution is 6.32. The van der Waals surface area contributed by atoms with Crippen molar-refractivity contribution in [2.24, 2.45) is 0 Å². The maximum Gasteiger partial charge on any atom is 0.102 e. The van der Waals surface area contributed by atoms with Crippen LogP contribution in [0.5, 0.6) is 0 Å². The molecule has 0 aliphatic heterocycles. The molecule has 0 amide bonds. The lowest BCUT2D eigenvalue weighted by Gasteiger charge is -2.04. The second-order valence-corrected chi connectivity index (χ2v) is 3.78. The van der Waals surface area contributed by atoms with Gasteiger partial charge in [0.15, 0.2) is 0 Å². The van der Waals surface area contributed by atoms with Crippen LogP contribution in [0.3, 0.4) is 0 Å². The quantitative estimate of drug-likeness (QED) is 0.634. The van der Waals surface area contributed by atoms with E-state index in [1.807, 2.05) is 6.07 Å². The van der Waals surface area contributed by atoms with Gasteiger partial charge in [-0.25, -0.2) is 0 Å². The fourth-order valence-corrected chi connectivity index (χ4v) is 2.06. The maximum atomic E-state index is 8.74. The summed E-state index contributed by atoms with van der Waals surface area (Å²) in [4.78, 5) is 4.26. The molecule has 1 aromatic rings. The SMILES string of the molecule is C[C@@H]1CCc2c1ncc(C#N)c2Cl. The van der Waals surface area contributed by atoms with E-state index in [1.165, 1.54) is 0 Å². The number of halogens is 1. The van der Waals surface area contributed by atoms with E-state index in [4.69, 9.17) is 16.9 Å². The molecule has 0 N–H and O–H groups in total. The molecule has 66 valence electrons. The number of pyridine rings is 1. The third-order valence-electron chi connectivity index (χ3n) is 2.56. The molecule has 0 saturated carbocycles. The predicted octanol–water partition coefficient (Wildman–Crippen LogP) is 2.66. The van der Waals surface area contributed by atoms with Gasteiger partial charge in [0.05, 0.1) is 10.6 Å². The fourth-order valence-electron chi connectivity index (χ4n) is 1.78. The number of fused-ring (bicyclic) bond motifs is 1. The second kappa shape index (κ2) is 3.01. The average Bonchev–Trinajstić information content (AvgIpc) is 2.50. The Labute approximate surface area is 82.2 Å². The van der Waals surface area contributed by atoms with Gasteiger partial charge in [0.1, 0.15) is 6.07 Å². The molecule has 0 fully saturated rings. The molecule has 0 radical (unpaired) electrons. The lowest BCUT2D eigenvalue weighted by atomic mass is 10.1. The Morgan fingerprint density at radius 2 is 2.46 bits per heavy atom. The highest BCUT2D eigenvalue weighted by atomic mass is 35.5. The van der Waals surface area contributed by atoms with E-state index < -0.39 is 0 Å².